The molecule has 2 N–H and O–H groups in total. The number of carbonyl (C=O) groups is 1. The van der Waals surface area contributed by atoms with E-state index in [0.29, 0.717) is 62.3 Å². The summed E-state index contributed by atoms with van der Waals surface area (Å²) in [5.74, 6) is -1.70. The fraction of sp³-hybridized carbons (Fsp3) is 0.380. The number of β-amino-alcohol motifs (C(OH)–C–C–N with tert-alkyl or cyclic N) is 1. The highest BCUT2D eigenvalue weighted by atomic mass is 35.5. The molecule has 0 aromatic heterocycles. The summed E-state index contributed by atoms with van der Waals surface area (Å²) in [6.45, 7) is 5.52. The number of hydrogen-bond donors (Lipinski definition) is 2. The number of piperidine rings is 1. The first kappa shape index (κ1) is 50.6. The molecule has 2 fully saturated rings. The molecule has 10 nitrogen and oxygen atoms in total. The number of nitrogens with zero attached hydrogens (tertiary/aromatic N) is 3. The molecule has 0 bridgehead atoms. The summed E-state index contributed by atoms with van der Waals surface area (Å²) in [6.07, 6.45) is 1.17. The predicted octanol–water partition coefficient (Wildman–Crippen LogP) is 8.86. The van der Waals surface area contributed by atoms with Gasteiger partial charge in [0.05, 0.1) is 22.5 Å². The molecule has 2 heterocycles. The lowest BCUT2D eigenvalue weighted by Gasteiger charge is -2.36. The quantitative estimate of drug-likeness (QED) is 0.0607. The minimum Gasteiger partial charge on any atom is -0.395 e. The Morgan fingerprint density at radius 1 is 0.776 bits per heavy atom. The van der Waals surface area contributed by atoms with Crippen LogP contribution in [0.4, 0.5) is 18.9 Å². The van der Waals surface area contributed by atoms with Crippen molar-refractivity contribution in [3.8, 4) is 11.1 Å². The van der Waals surface area contributed by atoms with Crippen LogP contribution in [-0.4, -0.2) is 119 Å². The van der Waals surface area contributed by atoms with Crippen LogP contribution in [-0.2, 0) is 26.1 Å². The molecule has 358 valence electrons. The predicted molar refractivity (Wildman–Crippen MR) is 258 cm³/mol. The number of benzene rings is 5. The van der Waals surface area contributed by atoms with Crippen molar-refractivity contribution in [1.82, 2.24) is 9.80 Å². The van der Waals surface area contributed by atoms with Crippen LogP contribution in [0.2, 0.25) is 5.02 Å². The third-order valence-electron chi connectivity index (χ3n) is 12.8. The highest BCUT2D eigenvalue weighted by Gasteiger charge is 2.48. The number of ketones is 1. The molecule has 2 aliphatic rings. The van der Waals surface area contributed by atoms with E-state index in [1.165, 1.54) is 23.9 Å². The Kier molecular flexibility index (Phi) is 17.0. The summed E-state index contributed by atoms with van der Waals surface area (Å²) in [7, 11) is -10.6. The van der Waals surface area contributed by atoms with Crippen LogP contribution in [0.15, 0.2) is 136 Å². The van der Waals surface area contributed by atoms with Gasteiger partial charge in [0, 0.05) is 72.7 Å². The van der Waals surface area contributed by atoms with Gasteiger partial charge in [-0.3, -0.25) is 9.69 Å². The van der Waals surface area contributed by atoms with Crippen molar-refractivity contribution in [1.29, 1.82) is 0 Å². The topological polar surface area (TPSA) is 136 Å². The van der Waals surface area contributed by atoms with Gasteiger partial charge in [-0.05, 0) is 127 Å². The maximum atomic E-state index is 14.3. The summed E-state index contributed by atoms with van der Waals surface area (Å²) in [6, 6.07) is 33.9. The molecule has 67 heavy (non-hydrogen) atoms. The Labute approximate surface area is 400 Å². The van der Waals surface area contributed by atoms with Crippen molar-refractivity contribution in [3.05, 3.63) is 143 Å². The number of Topliss-reactive ketones (excluding diaryl/α,β-unsaturated/α-hetero) is 1. The maximum Gasteiger partial charge on any atom is 0.501 e. The van der Waals surface area contributed by atoms with Gasteiger partial charge in [0.25, 0.3) is 9.84 Å². The molecular formula is C50H55ClF3N3O7S3. The number of carbonyl (C=O) groups excluding carboxylic acids is 1. The number of rotatable bonds is 19. The van der Waals surface area contributed by atoms with Gasteiger partial charge in [0.1, 0.15) is 5.75 Å². The van der Waals surface area contributed by atoms with E-state index in [9.17, 15) is 45.0 Å². The average molecular weight is 999 g/mol. The number of piperazine rings is 1. The molecular weight excluding hydrogens is 943 g/mol. The van der Waals surface area contributed by atoms with Crippen molar-refractivity contribution in [2.75, 3.05) is 75.4 Å². The Morgan fingerprint density at radius 2 is 1.40 bits per heavy atom. The van der Waals surface area contributed by atoms with Crippen LogP contribution in [0.1, 0.15) is 46.9 Å². The van der Waals surface area contributed by atoms with Crippen molar-refractivity contribution >= 4 is 54.5 Å². The molecule has 2 atom stereocenters. The summed E-state index contributed by atoms with van der Waals surface area (Å²) in [5.41, 5.74) is -2.25. The van der Waals surface area contributed by atoms with E-state index in [2.05, 4.69) is 14.7 Å². The molecule has 5 aromatic carbocycles. The highest BCUT2D eigenvalue weighted by Crippen LogP contribution is 2.39. The zero-order valence-electron chi connectivity index (χ0n) is 36.9. The highest BCUT2D eigenvalue weighted by molar-refractivity contribution is 7.99. The molecule has 2 aliphatic heterocycles. The van der Waals surface area contributed by atoms with E-state index in [1.807, 2.05) is 78.9 Å². The number of aliphatic hydroxyl groups is 2. The molecule has 7 rings (SSSR count). The van der Waals surface area contributed by atoms with Crippen LogP contribution < -0.4 is 4.90 Å². The van der Waals surface area contributed by atoms with Gasteiger partial charge in [-0.15, -0.1) is 11.8 Å². The van der Waals surface area contributed by atoms with E-state index in [-0.39, 0.29) is 36.0 Å². The van der Waals surface area contributed by atoms with Gasteiger partial charge < -0.3 is 20.0 Å². The van der Waals surface area contributed by atoms with Crippen LogP contribution in [0.3, 0.4) is 0 Å². The molecule has 5 aromatic rings. The number of anilines is 1. The van der Waals surface area contributed by atoms with Gasteiger partial charge >= 0.3 is 5.51 Å². The van der Waals surface area contributed by atoms with E-state index in [0.717, 1.165) is 65.6 Å². The van der Waals surface area contributed by atoms with E-state index >= 15 is 0 Å². The third kappa shape index (κ3) is 12.9. The number of hydrogen-bond acceptors (Lipinski definition) is 11. The third-order valence-corrected chi connectivity index (χ3v) is 17.4. The molecule has 0 amide bonds. The van der Waals surface area contributed by atoms with Crippen LogP contribution in [0.25, 0.3) is 11.1 Å². The zero-order chi connectivity index (χ0) is 47.8. The molecule has 0 radical (unpaired) electrons. The number of aliphatic hydroxyl groups excluding tert-OH is 2. The minimum atomic E-state index is -6.00. The van der Waals surface area contributed by atoms with Crippen LogP contribution >= 0.6 is 23.4 Å². The standard InChI is InChI=1S/C50H55ClF3N3O7S3/c51-41-15-10-37(11-16-41)45-8-4-5-9-46(45)49(60)39-21-24-57(25-22-39)42-17-12-38(13-18-42)47(59)35-66(61,62)44-19-14-40(48(33-44)67(63,64)50(52,53)54)32-36(34-65-43-6-2-1-3-7-43)20-23-55-26-28-56(29-27-55)30-31-58/h1-19,33,36,39,49,58,60H,20-32,34-35H2/t36-,49+/m0/s1. The fourth-order valence-electron chi connectivity index (χ4n) is 8.87. The lowest BCUT2D eigenvalue weighted by molar-refractivity contribution is -0.0436. The number of thioether (sulfide) groups is 1. The SMILES string of the molecule is O=C(CS(=O)(=O)c1ccc(C[C@H](CCN2CCN(CCO)CC2)CSc2ccccc2)c(S(=O)(=O)C(F)(F)F)c1)c1ccc(N2CCC([C@@H](O)c3ccccc3-c3ccc(Cl)cc3)CC2)cc1. The van der Waals surface area contributed by atoms with E-state index in [4.69, 9.17) is 11.6 Å². The van der Waals surface area contributed by atoms with E-state index in [1.54, 1.807) is 12.1 Å². The zero-order valence-corrected chi connectivity index (χ0v) is 40.1. The summed E-state index contributed by atoms with van der Waals surface area (Å²) < 4.78 is 96.6. The average Bonchev–Trinajstić information content (AvgIpc) is 3.33. The number of alkyl halides is 3. The van der Waals surface area contributed by atoms with Gasteiger partial charge in [-0.25, -0.2) is 16.8 Å². The molecule has 0 aliphatic carbocycles. The first-order valence-electron chi connectivity index (χ1n) is 22.3. The maximum absolute atomic E-state index is 14.3. The smallest absolute Gasteiger partial charge is 0.395 e. The van der Waals surface area contributed by atoms with Crippen molar-refractivity contribution in [3.63, 3.8) is 0 Å². The fourth-order valence-corrected chi connectivity index (χ4v) is 12.4. The second kappa shape index (κ2) is 22.4. The Hall–Kier alpha value is -4.26. The Balaban J connectivity index is 1.02. The largest absolute Gasteiger partial charge is 0.501 e. The monoisotopic (exact) mass is 997 g/mol. The first-order valence-corrected chi connectivity index (χ1v) is 26.8. The van der Waals surface area contributed by atoms with Crippen molar-refractivity contribution in [2.24, 2.45) is 11.8 Å². The summed E-state index contributed by atoms with van der Waals surface area (Å²) >= 11 is 7.61. The number of halogens is 4. The second-order valence-corrected chi connectivity index (χ2v) is 22.6. The Morgan fingerprint density at radius 3 is 2.04 bits per heavy atom. The first-order chi connectivity index (χ1) is 32.0. The second-order valence-electron chi connectivity index (χ2n) is 17.2. The molecule has 0 unspecified atom stereocenters. The van der Waals surface area contributed by atoms with Crippen molar-refractivity contribution < 1.29 is 45.0 Å². The minimum absolute atomic E-state index is 0.00751. The van der Waals surface area contributed by atoms with Gasteiger partial charge in [-0.1, -0.05) is 72.3 Å². The molecule has 0 spiro atoms. The number of sulfone groups is 2. The molecule has 17 heteroatoms. The normalized spacial score (nSPS) is 16.8. The van der Waals surface area contributed by atoms with Crippen LogP contribution in [0.5, 0.6) is 0 Å². The van der Waals surface area contributed by atoms with E-state index < -0.39 is 52.6 Å². The Bertz CT molecular complexity index is 2660. The lowest BCUT2D eigenvalue weighted by Crippen LogP contribution is -2.47. The lowest BCUT2D eigenvalue weighted by atomic mass is 9.84. The van der Waals surface area contributed by atoms with Crippen LogP contribution in [0, 0.1) is 11.8 Å². The van der Waals surface area contributed by atoms with Gasteiger partial charge in [0.2, 0.25) is 0 Å². The molecule has 0 saturated carbocycles. The van der Waals surface area contributed by atoms with Gasteiger partial charge in [0.15, 0.2) is 15.6 Å². The summed E-state index contributed by atoms with van der Waals surface area (Å²) in [5, 5.41) is 21.5. The van der Waals surface area contributed by atoms with Gasteiger partial charge in [-0.2, -0.15) is 13.2 Å². The van der Waals surface area contributed by atoms with Crippen molar-refractivity contribution in [2.45, 2.75) is 52.0 Å². The molecule has 2 saturated heterocycles. The summed E-state index contributed by atoms with van der Waals surface area (Å²) in [4.78, 5) is 19.1.